The van der Waals surface area contributed by atoms with E-state index in [0.29, 0.717) is 0 Å². The lowest BCUT2D eigenvalue weighted by Crippen LogP contribution is -1.92. The number of epoxide rings is 8. The van der Waals surface area contributed by atoms with Crippen LogP contribution >= 0.6 is 0 Å². The molecule has 178 valence electrons. The molecule has 0 spiro atoms. The van der Waals surface area contributed by atoms with Crippen molar-refractivity contribution in [2.45, 2.75) is 6.92 Å². The van der Waals surface area contributed by atoms with Crippen molar-refractivity contribution >= 4 is 5.97 Å². The largest absolute Gasteiger partial charge is 0.478 e. The van der Waals surface area contributed by atoms with Gasteiger partial charge in [-0.1, -0.05) is 6.58 Å². The molecule has 0 aliphatic carbocycles. The molecule has 10 heteroatoms. The quantitative estimate of drug-likeness (QED) is 0.462. The van der Waals surface area contributed by atoms with Gasteiger partial charge in [-0.2, -0.15) is 0 Å². The predicted octanol–water partition coefficient (Wildman–Crippen LogP) is 0.780. The molecule has 0 aromatic carbocycles. The SMILES string of the molecule is C1CO1.C1CO1.C1CO1.C1CO1.C1CO1.C1CO1.C1CO1.C1CO1.C=C(C)C(=O)O. The molecule has 0 radical (unpaired) electrons. The lowest BCUT2D eigenvalue weighted by molar-refractivity contribution is -0.132. The van der Waals surface area contributed by atoms with E-state index in [1.807, 2.05) is 0 Å². The van der Waals surface area contributed by atoms with E-state index in [2.05, 4.69) is 44.5 Å². The zero-order chi connectivity index (χ0) is 22.1. The summed E-state index contributed by atoms with van der Waals surface area (Å²) in [6, 6.07) is 0. The Morgan fingerprint density at radius 1 is 0.500 bits per heavy atom. The van der Waals surface area contributed by atoms with Crippen molar-refractivity contribution in [3.63, 3.8) is 0 Å². The molecule has 8 aliphatic heterocycles. The predicted molar refractivity (Wildman–Crippen MR) is 109 cm³/mol. The highest BCUT2D eigenvalue weighted by Gasteiger charge is 1.96. The summed E-state index contributed by atoms with van der Waals surface area (Å²) in [6.45, 7) is 20.6. The van der Waals surface area contributed by atoms with E-state index in [-0.39, 0.29) is 5.57 Å². The normalized spacial score (nSPS) is 20.7. The first-order valence-corrected chi connectivity index (χ1v) is 10.2. The average Bonchev–Trinajstić information content (AvgIpc) is 3.57. The smallest absolute Gasteiger partial charge is 0.330 e. The van der Waals surface area contributed by atoms with E-state index in [9.17, 15) is 4.79 Å². The van der Waals surface area contributed by atoms with Crippen molar-refractivity contribution < 1.29 is 47.8 Å². The summed E-state index contributed by atoms with van der Waals surface area (Å²) in [5.74, 6) is -0.935. The van der Waals surface area contributed by atoms with Gasteiger partial charge in [-0.25, -0.2) is 4.79 Å². The van der Waals surface area contributed by atoms with E-state index in [1.54, 1.807) is 0 Å². The Morgan fingerprint density at radius 3 is 0.567 bits per heavy atom. The topological polar surface area (TPSA) is 138 Å². The van der Waals surface area contributed by atoms with Gasteiger partial charge in [0.25, 0.3) is 0 Å². The van der Waals surface area contributed by atoms with Crippen LogP contribution in [0.3, 0.4) is 0 Å². The maximum Gasteiger partial charge on any atom is 0.330 e. The van der Waals surface area contributed by atoms with Gasteiger partial charge in [0.2, 0.25) is 0 Å². The van der Waals surface area contributed by atoms with Crippen LogP contribution in [0, 0.1) is 0 Å². The van der Waals surface area contributed by atoms with Crippen LogP contribution in [-0.2, 0) is 42.7 Å². The monoisotopic (exact) mass is 438 g/mol. The van der Waals surface area contributed by atoms with Crippen LogP contribution < -0.4 is 0 Å². The molecular weight excluding hydrogens is 400 g/mol. The van der Waals surface area contributed by atoms with Gasteiger partial charge in [-0.3, -0.25) is 0 Å². The molecule has 0 amide bonds. The highest BCUT2D eigenvalue weighted by atomic mass is 16.6. The first-order chi connectivity index (χ1) is 14.6. The molecule has 0 aromatic heterocycles. The number of carboxylic acid groups (broad SMARTS) is 1. The number of carboxylic acids is 1. The molecule has 8 aliphatic rings. The maximum absolute atomic E-state index is 9.60. The molecule has 8 fully saturated rings. The van der Waals surface area contributed by atoms with Crippen LogP contribution in [0.25, 0.3) is 0 Å². The molecular formula is C20H38O10. The number of aliphatic carboxylic acids is 1. The Labute approximate surface area is 179 Å². The van der Waals surface area contributed by atoms with Crippen molar-refractivity contribution in [1.82, 2.24) is 0 Å². The van der Waals surface area contributed by atoms with Gasteiger partial charge in [0.1, 0.15) is 0 Å². The second-order valence-electron chi connectivity index (χ2n) is 5.98. The van der Waals surface area contributed by atoms with Crippen LogP contribution in [0.5, 0.6) is 0 Å². The Morgan fingerprint density at radius 2 is 0.567 bits per heavy atom. The Kier molecular flexibility index (Phi) is 23.3. The van der Waals surface area contributed by atoms with Gasteiger partial charge in [-0.05, 0) is 6.92 Å². The summed E-state index contributed by atoms with van der Waals surface area (Å²) in [4.78, 5) is 9.60. The fourth-order valence-electron chi connectivity index (χ4n) is 0. The number of rotatable bonds is 1. The molecule has 0 unspecified atom stereocenters. The van der Waals surface area contributed by atoms with Crippen LogP contribution in [-0.4, -0.2) is 117 Å². The standard InChI is InChI=1S/C4H6O2.8C2H4O/c1-3(2)4(5)6;8*1-2-3-1/h1H2,2H3,(H,5,6);8*1-2H2. The van der Waals surface area contributed by atoms with Crippen molar-refractivity contribution in [3.8, 4) is 0 Å². The van der Waals surface area contributed by atoms with Gasteiger partial charge < -0.3 is 43.0 Å². The number of ether oxygens (including phenoxy) is 8. The van der Waals surface area contributed by atoms with E-state index in [4.69, 9.17) is 5.11 Å². The van der Waals surface area contributed by atoms with Crippen molar-refractivity contribution in [1.29, 1.82) is 0 Å². The second kappa shape index (κ2) is 24.2. The summed E-state index contributed by atoms with van der Waals surface area (Å²) in [5.41, 5.74) is 0.176. The second-order valence-corrected chi connectivity index (χ2v) is 5.98. The highest BCUT2D eigenvalue weighted by Crippen LogP contribution is 1.87. The van der Waals surface area contributed by atoms with E-state index in [0.717, 1.165) is 106 Å². The minimum absolute atomic E-state index is 0.176. The van der Waals surface area contributed by atoms with Crippen molar-refractivity contribution in [2.24, 2.45) is 0 Å². The Bertz CT molecular complexity index is 270. The first-order valence-electron chi connectivity index (χ1n) is 10.2. The third-order valence-corrected chi connectivity index (χ3v) is 2.00. The minimum Gasteiger partial charge on any atom is -0.478 e. The highest BCUT2D eigenvalue weighted by molar-refractivity contribution is 5.84. The fourth-order valence-corrected chi connectivity index (χ4v) is 0. The molecule has 0 bridgehead atoms. The zero-order valence-electron chi connectivity index (χ0n) is 18.1. The third-order valence-electron chi connectivity index (χ3n) is 2.00. The fraction of sp³-hybridized carbons (Fsp3) is 0.850. The molecule has 8 rings (SSSR count). The number of hydrogen-bond acceptors (Lipinski definition) is 9. The summed E-state index contributed by atoms with van der Waals surface area (Å²) >= 11 is 0. The lowest BCUT2D eigenvalue weighted by atomic mass is 10.4. The zero-order valence-corrected chi connectivity index (χ0v) is 18.1. The molecule has 8 heterocycles. The van der Waals surface area contributed by atoms with Crippen molar-refractivity contribution in [3.05, 3.63) is 12.2 Å². The summed E-state index contributed by atoms with van der Waals surface area (Å²) in [6.07, 6.45) is 0. The summed E-state index contributed by atoms with van der Waals surface area (Å²) < 4.78 is 36.0. The van der Waals surface area contributed by atoms with Gasteiger partial charge >= 0.3 is 5.97 Å². The van der Waals surface area contributed by atoms with Crippen LogP contribution in [0.1, 0.15) is 6.92 Å². The molecule has 8 saturated heterocycles. The van der Waals surface area contributed by atoms with Gasteiger partial charge in [0.15, 0.2) is 0 Å². The molecule has 10 nitrogen and oxygen atoms in total. The van der Waals surface area contributed by atoms with Crippen LogP contribution in [0.2, 0.25) is 0 Å². The van der Waals surface area contributed by atoms with Gasteiger partial charge in [-0.15, -0.1) is 0 Å². The number of carbonyl (C=O) groups is 1. The van der Waals surface area contributed by atoms with E-state index < -0.39 is 5.97 Å². The molecule has 30 heavy (non-hydrogen) atoms. The maximum atomic E-state index is 9.60. The molecule has 0 atom stereocenters. The molecule has 0 saturated carbocycles. The summed E-state index contributed by atoms with van der Waals surface area (Å²) in [7, 11) is 0. The van der Waals surface area contributed by atoms with E-state index in [1.165, 1.54) is 6.92 Å². The van der Waals surface area contributed by atoms with Gasteiger partial charge in [0, 0.05) is 5.57 Å². The average molecular weight is 439 g/mol. The van der Waals surface area contributed by atoms with Crippen LogP contribution in [0.4, 0.5) is 0 Å². The minimum atomic E-state index is -0.935. The molecule has 0 aromatic rings. The van der Waals surface area contributed by atoms with Crippen molar-refractivity contribution in [2.75, 3.05) is 106 Å². The third kappa shape index (κ3) is 152. The molecule has 1 N–H and O–H groups in total. The first kappa shape index (κ1) is 28.9. The van der Waals surface area contributed by atoms with Gasteiger partial charge in [0.05, 0.1) is 106 Å². The summed E-state index contributed by atoms with van der Waals surface area (Å²) in [5, 5.41) is 7.89. The Hall–Kier alpha value is -1.11. The van der Waals surface area contributed by atoms with E-state index >= 15 is 0 Å². The Balaban J connectivity index is 0.000000318. The number of hydrogen-bond donors (Lipinski definition) is 1. The lowest BCUT2D eigenvalue weighted by Gasteiger charge is -1.79. The van der Waals surface area contributed by atoms with Crippen LogP contribution in [0.15, 0.2) is 12.2 Å².